The third kappa shape index (κ3) is 4.89. The number of fused-ring (bicyclic) bond motifs is 1. The molecule has 28 heavy (non-hydrogen) atoms. The maximum atomic E-state index is 14.7. The largest absolute Gasteiger partial charge is 0.478 e. The van der Waals surface area contributed by atoms with Gasteiger partial charge in [-0.1, -0.05) is 23.2 Å². The molecule has 3 rings (SSSR count). The second-order valence-corrected chi connectivity index (χ2v) is 6.33. The Morgan fingerprint density at radius 3 is 2.64 bits per heavy atom. The maximum absolute atomic E-state index is 14.7. The number of hydrogen-bond acceptors (Lipinski definition) is 6. The van der Waals surface area contributed by atoms with E-state index in [0.717, 1.165) is 0 Å². The molecule has 0 unspecified atom stereocenters. The molecule has 3 aromatic rings. The third-order valence-corrected chi connectivity index (χ3v) is 4.14. The van der Waals surface area contributed by atoms with Crippen molar-refractivity contribution in [2.75, 3.05) is 18.5 Å². The predicted molar refractivity (Wildman–Crippen MR) is 105 cm³/mol. The lowest BCUT2D eigenvalue weighted by molar-refractivity contribution is 0.0697. The number of aliphatic hydroxyl groups excluding tert-OH is 1. The van der Waals surface area contributed by atoms with E-state index in [9.17, 15) is 14.3 Å². The molecule has 0 amide bonds. The predicted octanol–water partition coefficient (Wildman–Crippen LogP) is 3.33. The van der Waals surface area contributed by atoms with Gasteiger partial charge < -0.3 is 24.9 Å². The molecule has 0 aliphatic heterocycles. The second kappa shape index (κ2) is 9.67. The van der Waals surface area contributed by atoms with Gasteiger partial charge in [-0.25, -0.2) is 20.1 Å². The van der Waals surface area contributed by atoms with Gasteiger partial charge in [0.15, 0.2) is 5.82 Å². The molecule has 0 radical (unpaired) electrons. The summed E-state index contributed by atoms with van der Waals surface area (Å²) in [6.45, 7) is 0.219. The van der Waals surface area contributed by atoms with Gasteiger partial charge in [0.2, 0.25) is 0 Å². The lowest BCUT2D eigenvalue weighted by Crippen LogP contribution is -2.06. The fourth-order valence-electron chi connectivity index (χ4n) is 2.29. The summed E-state index contributed by atoms with van der Waals surface area (Å²) >= 11 is 11.9. The van der Waals surface area contributed by atoms with E-state index in [1.807, 2.05) is 0 Å². The molecule has 0 saturated heterocycles. The van der Waals surface area contributed by atoms with Gasteiger partial charge in [-0.15, -0.1) is 0 Å². The fraction of sp³-hybridized carbons (Fsp3) is 0.176. The summed E-state index contributed by atoms with van der Waals surface area (Å²) in [6.07, 6.45) is 1.42. The van der Waals surface area contributed by atoms with E-state index in [1.165, 1.54) is 18.5 Å². The molecule has 0 spiro atoms. The molecule has 11 heteroatoms. The number of hydrogen-bond donors (Lipinski definition) is 4. The number of anilines is 2. The highest BCUT2D eigenvalue weighted by molar-refractivity contribution is 6.36. The summed E-state index contributed by atoms with van der Waals surface area (Å²) in [5.41, 5.74) is 0.378. The number of imidazole rings is 1. The van der Waals surface area contributed by atoms with Crippen LogP contribution in [0.5, 0.6) is 0 Å². The van der Waals surface area contributed by atoms with E-state index in [0.29, 0.717) is 16.2 Å². The van der Waals surface area contributed by atoms with Crippen molar-refractivity contribution in [3.8, 4) is 0 Å². The highest BCUT2D eigenvalue weighted by atomic mass is 35.5. The number of carboxylic acids is 1. The number of aromatic carboxylic acids is 1. The van der Waals surface area contributed by atoms with Crippen molar-refractivity contribution in [3.63, 3.8) is 0 Å². The van der Waals surface area contributed by atoms with Gasteiger partial charge in [-0.05, 0) is 24.3 Å². The van der Waals surface area contributed by atoms with Gasteiger partial charge in [0.1, 0.15) is 5.52 Å². The first-order valence-corrected chi connectivity index (χ1v) is 8.57. The topological polar surface area (TPSA) is 123 Å². The number of nitrogens with one attached hydrogen (secondary N) is 1. The Kier molecular flexibility index (Phi) is 7.55. The summed E-state index contributed by atoms with van der Waals surface area (Å²) in [7, 11) is 1.66. The van der Waals surface area contributed by atoms with Gasteiger partial charge in [0.05, 0.1) is 47.0 Å². The molecule has 0 aliphatic rings. The van der Waals surface area contributed by atoms with Gasteiger partial charge >= 0.3 is 5.97 Å². The smallest absolute Gasteiger partial charge is 0.338 e. The molecular weight excluding hydrogens is 414 g/mol. The minimum atomic E-state index is -1.26. The van der Waals surface area contributed by atoms with Gasteiger partial charge in [0.25, 0.3) is 0 Å². The molecule has 150 valence electrons. The Morgan fingerprint density at radius 2 is 2.11 bits per heavy atom. The fourth-order valence-corrected chi connectivity index (χ4v) is 2.75. The Bertz CT molecular complexity index is 995. The summed E-state index contributed by atoms with van der Waals surface area (Å²) in [5, 5.41) is 20.6. The Hall–Kier alpha value is -2.43. The molecule has 8 nitrogen and oxygen atoms in total. The molecule has 5 N–H and O–H groups in total. The number of carboxylic acid groups (broad SMARTS) is 1. The maximum Gasteiger partial charge on any atom is 0.338 e. The van der Waals surface area contributed by atoms with Crippen molar-refractivity contribution < 1.29 is 24.2 Å². The minimum Gasteiger partial charge on any atom is -0.478 e. The number of halogens is 3. The van der Waals surface area contributed by atoms with Gasteiger partial charge in [0, 0.05) is 12.1 Å². The Balaban J connectivity index is 0.000000500. The monoisotopic (exact) mass is 430 g/mol. The Morgan fingerprint density at radius 1 is 1.39 bits per heavy atom. The lowest BCUT2D eigenvalue weighted by Gasteiger charge is -2.13. The van der Waals surface area contributed by atoms with Crippen molar-refractivity contribution >= 4 is 51.6 Å². The molecule has 0 bridgehead atoms. The number of aliphatic hydroxyl groups is 1. The van der Waals surface area contributed by atoms with E-state index in [1.54, 1.807) is 23.7 Å². The van der Waals surface area contributed by atoms with Gasteiger partial charge in [-0.2, -0.15) is 0 Å². The van der Waals surface area contributed by atoms with Crippen LogP contribution in [0.15, 0.2) is 30.6 Å². The van der Waals surface area contributed by atoms with Crippen LogP contribution in [-0.2, 0) is 11.9 Å². The molecular formula is C17H17Cl2FN4O4. The van der Waals surface area contributed by atoms with Crippen LogP contribution in [0.3, 0.4) is 0 Å². The summed E-state index contributed by atoms with van der Waals surface area (Å²) in [4.78, 5) is 19.4. The molecule has 0 atom stereocenters. The Labute approximate surface area is 169 Å². The first-order valence-electron chi connectivity index (χ1n) is 7.81. The van der Waals surface area contributed by atoms with Crippen molar-refractivity contribution in [2.45, 2.75) is 0 Å². The van der Waals surface area contributed by atoms with Crippen LogP contribution in [-0.4, -0.2) is 38.9 Å². The SMILES string of the molecule is Cn1cnc2c(F)c(Nc3ccc(Cl)cc3Cl)c(C(=O)O)cc21.NOCCO. The molecule has 0 aliphatic carbocycles. The van der Waals surface area contributed by atoms with E-state index >= 15 is 0 Å². The van der Waals surface area contributed by atoms with E-state index in [-0.39, 0.29) is 35.0 Å². The minimum absolute atomic E-state index is 0.00347. The van der Waals surface area contributed by atoms with Crippen LogP contribution in [0.25, 0.3) is 11.0 Å². The van der Waals surface area contributed by atoms with Gasteiger partial charge in [-0.3, -0.25) is 0 Å². The summed E-state index contributed by atoms with van der Waals surface area (Å²) in [5.74, 6) is 2.46. The van der Waals surface area contributed by atoms with Crippen molar-refractivity contribution in [3.05, 3.63) is 52.0 Å². The number of nitrogens with two attached hydrogens (primary N) is 1. The molecule has 0 saturated carbocycles. The number of rotatable bonds is 5. The lowest BCUT2D eigenvalue weighted by atomic mass is 10.1. The number of nitrogens with zero attached hydrogens (tertiary/aromatic N) is 2. The number of aromatic nitrogens is 2. The third-order valence-electron chi connectivity index (χ3n) is 3.59. The first kappa shape index (κ1) is 21.9. The van der Waals surface area contributed by atoms with Crippen LogP contribution < -0.4 is 11.2 Å². The van der Waals surface area contributed by atoms with E-state index in [4.69, 9.17) is 28.3 Å². The van der Waals surface area contributed by atoms with Crippen LogP contribution in [0.4, 0.5) is 15.8 Å². The van der Waals surface area contributed by atoms with Crippen LogP contribution in [0.1, 0.15) is 10.4 Å². The summed E-state index contributed by atoms with van der Waals surface area (Å²) in [6, 6.07) is 5.94. The van der Waals surface area contributed by atoms with Crippen molar-refractivity contribution in [1.82, 2.24) is 9.55 Å². The zero-order chi connectivity index (χ0) is 20.8. The molecule has 1 aromatic heterocycles. The highest BCUT2D eigenvalue weighted by Crippen LogP contribution is 2.34. The second-order valence-electron chi connectivity index (χ2n) is 5.49. The van der Waals surface area contributed by atoms with E-state index < -0.39 is 11.8 Å². The molecule has 2 aromatic carbocycles. The quantitative estimate of drug-likeness (QED) is 0.457. The molecule has 1 heterocycles. The average molecular weight is 431 g/mol. The highest BCUT2D eigenvalue weighted by Gasteiger charge is 2.21. The van der Waals surface area contributed by atoms with Crippen molar-refractivity contribution in [1.29, 1.82) is 0 Å². The van der Waals surface area contributed by atoms with Crippen LogP contribution in [0.2, 0.25) is 10.0 Å². The number of aryl methyl sites for hydroxylation is 1. The summed E-state index contributed by atoms with van der Waals surface area (Å²) < 4.78 is 16.3. The average Bonchev–Trinajstić information content (AvgIpc) is 3.01. The first-order chi connectivity index (χ1) is 13.3. The van der Waals surface area contributed by atoms with Crippen molar-refractivity contribution in [2.24, 2.45) is 12.9 Å². The van der Waals surface area contributed by atoms with Crippen LogP contribution >= 0.6 is 23.2 Å². The normalized spacial score (nSPS) is 10.5. The standard InChI is InChI=1S/C15H10Cl2FN3O2.C2H7NO2/c1-21-6-19-14-11(21)5-8(15(22)23)13(12(14)18)20-10-3-2-7(16)4-9(10)17;3-5-2-1-4/h2-6,20H,1H3,(H,22,23);4H,1-3H2. The molecule has 0 fully saturated rings. The van der Waals surface area contributed by atoms with E-state index in [2.05, 4.69) is 21.0 Å². The number of carbonyl (C=O) groups is 1. The zero-order valence-electron chi connectivity index (χ0n) is 14.6. The number of benzene rings is 2. The zero-order valence-corrected chi connectivity index (χ0v) is 16.1. The van der Waals surface area contributed by atoms with Crippen LogP contribution in [0, 0.1) is 5.82 Å².